The van der Waals surface area contributed by atoms with Gasteiger partial charge in [0.2, 0.25) is 0 Å². The Balaban J connectivity index is 0.000000260. The summed E-state index contributed by atoms with van der Waals surface area (Å²) in [6.07, 6.45) is 0. The van der Waals surface area contributed by atoms with Gasteiger partial charge < -0.3 is 20.4 Å². The Morgan fingerprint density at radius 3 is 1.08 bits per heavy atom. The summed E-state index contributed by atoms with van der Waals surface area (Å²) in [5.41, 5.74) is 1.36. The van der Waals surface area contributed by atoms with Gasteiger partial charge in [0.05, 0.1) is 22.3 Å². The zero-order valence-electron chi connectivity index (χ0n) is 13.9. The van der Waals surface area contributed by atoms with Gasteiger partial charge in [0.25, 0.3) is 0 Å². The molecule has 0 aliphatic rings. The monoisotopic (exact) mass is 360 g/mol. The zero-order chi connectivity index (χ0) is 20.0. The Labute approximate surface area is 148 Å². The van der Waals surface area contributed by atoms with Gasteiger partial charge in [0.15, 0.2) is 0 Å². The lowest BCUT2D eigenvalue weighted by Gasteiger charge is -2.01. The van der Waals surface area contributed by atoms with Crippen LogP contribution in [0.15, 0.2) is 36.4 Å². The molecule has 2 rings (SSSR count). The molecule has 0 atom stereocenters. The maximum absolute atomic E-state index is 10.6. The Bertz CT molecular complexity index is 809. The van der Waals surface area contributed by atoms with Crippen LogP contribution < -0.4 is 0 Å². The van der Waals surface area contributed by atoms with Gasteiger partial charge in [0.1, 0.15) is 0 Å². The summed E-state index contributed by atoms with van der Waals surface area (Å²) in [5, 5.41) is 34.5. The number of benzene rings is 2. The van der Waals surface area contributed by atoms with E-state index in [-0.39, 0.29) is 22.3 Å². The van der Waals surface area contributed by atoms with Crippen molar-refractivity contribution in [2.24, 2.45) is 0 Å². The van der Waals surface area contributed by atoms with Gasteiger partial charge in [-0.25, -0.2) is 19.2 Å². The van der Waals surface area contributed by atoms with Crippen molar-refractivity contribution in [3.63, 3.8) is 0 Å². The van der Waals surface area contributed by atoms with Crippen LogP contribution in [0.5, 0.6) is 0 Å². The second-order valence-electron chi connectivity index (χ2n) is 5.28. The Morgan fingerprint density at radius 2 is 0.885 bits per heavy atom. The molecule has 2 aromatic rings. The quantitative estimate of drug-likeness (QED) is 0.650. The summed E-state index contributed by atoms with van der Waals surface area (Å²) >= 11 is 0. The molecule has 2 aromatic carbocycles. The van der Waals surface area contributed by atoms with Gasteiger partial charge in [-0.05, 0) is 61.4 Å². The van der Waals surface area contributed by atoms with Crippen molar-refractivity contribution in [2.45, 2.75) is 13.8 Å². The normalized spacial score (nSPS) is 9.62. The van der Waals surface area contributed by atoms with Gasteiger partial charge in [-0.1, -0.05) is 0 Å². The van der Waals surface area contributed by atoms with Crippen molar-refractivity contribution in [1.82, 2.24) is 0 Å². The van der Waals surface area contributed by atoms with Crippen LogP contribution in [-0.2, 0) is 0 Å². The van der Waals surface area contributed by atoms with E-state index in [1.165, 1.54) is 36.4 Å². The second kappa shape index (κ2) is 8.43. The van der Waals surface area contributed by atoms with Crippen molar-refractivity contribution in [1.29, 1.82) is 0 Å². The number of aryl methyl sites for hydroxylation is 2. The highest BCUT2D eigenvalue weighted by molar-refractivity contribution is 5.93. The molecule has 0 amide bonds. The summed E-state index contributed by atoms with van der Waals surface area (Å²) in [7, 11) is 0. The molecule has 0 saturated carbocycles. The van der Waals surface area contributed by atoms with E-state index in [0.717, 1.165) is 0 Å². The van der Waals surface area contributed by atoms with Crippen molar-refractivity contribution < 1.29 is 39.6 Å². The van der Waals surface area contributed by atoms with Crippen LogP contribution in [0.4, 0.5) is 0 Å². The highest BCUT2D eigenvalue weighted by Gasteiger charge is 2.10. The third kappa shape index (κ3) is 5.17. The van der Waals surface area contributed by atoms with Crippen LogP contribution in [0.2, 0.25) is 0 Å². The van der Waals surface area contributed by atoms with E-state index in [0.29, 0.717) is 11.1 Å². The molecule has 8 heteroatoms. The van der Waals surface area contributed by atoms with Gasteiger partial charge in [-0.2, -0.15) is 0 Å². The van der Waals surface area contributed by atoms with Gasteiger partial charge in [-0.15, -0.1) is 0 Å². The van der Waals surface area contributed by atoms with Crippen LogP contribution in [0.25, 0.3) is 0 Å². The minimum absolute atomic E-state index is 0.0995. The largest absolute Gasteiger partial charge is 0.478 e. The number of aromatic carboxylic acids is 4. The molecule has 0 radical (unpaired) electrons. The van der Waals surface area contributed by atoms with E-state index in [9.17, 15) is 19.2 Å². The van der Waals surface area contributed by atoms with Crippen LogP contribution in [-0.4, -0.2) is 44.3 Å². The van der Waals surface area contributed by atoms with E-state index >= 15 is 0 Å². The smallest absolute Gasteiger partial charge is 0.335 e. The molecule has 0 aliphatic carbocycles. The molecule has 0 aliphatic heterocycles. The Morgan fingerprint density at radius 1 is 0.577 bits per heavy atom. The van der Waals surface area contributed by atoms with E-state index in [1.54, 1.807) is 13.8 Å². The Kier molecular flexibility index (Phi) is 6.60. The first-order valence-electron chi connectivity index (χ1n) is 7.19. The minimum Gasteiger partial charge on any atom is -0.478 e. The third-order valence-corrected chi connectivity index (χ3v) is 3.41. The summed E-state index contributed by atoms with van der Waals surface area (Å²) in [5.74, 6) is -4.20. The van der Waals surface area contributed by atoms with E-state index in [1.807, 2.05) is 0 Å². The average Bonchev–Trinajstić information content (AvgIpc) is 2.54. The fraction of sp³-hybridized carbons (Fsp3) is 0.111. The van der Waals surface area contributed by atoms with Crippen molar-refractivity contribution >= 4 is 23.9 Å². The number of hydrogen-bond donors (Lipinski definition) is 4. The van der Waals surface area contributed by atoms with Crippen molar-refractivity contribution in [3.05, 3.63) is 69.8 Å². The fourth-order valence-electron chi connectivity index (χ4n) is 2.07. The molecule has 4 N–H and O–H groups in total. The number of carbonyl (C=O) groups is 4. The first-order valence-corrected chi connectivity index (χ1v) is 7.19. The zero-order valence-corrected chi connectivity index (χ0v) is 13.9. The molecule has 0 unspecified atom stereocenters. The first kappa shape index (κ1) is 20.4. The molecule has 0 heterocycles. The topological polar surface area (TPSA) is 149 Å². The summed E-state index contributed by atoms with van der Waals surface area (Å²) in [4.78, 5) is 42.1. The van der Waals surface area contributed by atoms with Crippen LogP contribution in [0, 0.1) is 13.8 Å². The highest BCUT2D eigenvalue weighted by atomic mass is 16.4. The SMILES string of the molecule is Cc1cc(C(=O)O)ccc1C(=O)O.Cc1cc(C(=O)O)ccc1C(=O)O. The Hall–Kier alpha value is -3.68. The minimum atomic E-state index is -1.06. The van der Waals surface area contributed by atoms with Gasteiger partial charge in [0, 0.05) is 0 Å². The third-order valence-electron chi connectivity index (χ3n) is 3.41. The molecular weight excluding hydrogens is 344 g/mol. The number of carboxylic acids is 4. The number of hydrogen-bond acceptors (Lipinski definition) is 4. The maximum Gasteiger partial charge on any atom is 0.335 e. The van der Waals surface area contributed by atoms with E-state index < -0.39 is 23.9 Å². The van der Waals surface area contributed by atoms with Crippen molar-refractivity contribution in [2.75, 3.05) is 0 Å². The van der Waals surface area contributed by atoms with Crippen LogP contribution >= 0.6 is 0 Å². The molecule has 0 bridgehead atoms. The first-order chi connectivity index (χ1) is 12.0. The lowest BCUT2D eigenvalue weighted by molar-refractivity contribution is 0.0680. The predicted molar refractivity (Wildman–Crippen MR) is 90.2 cm³/mol. The van der Waals surface area contributed by atoms with Gasteiger partial charge >= 0.3 is 23.9 Å². The van der Waals surface area contributed by atoms with E-state index in [4.69, 9.17) is 20.4 Å². The number of carboxylic acid groups (broad SMARTS) is 4. The standard InChI is InChI=1S/2C9H8O4/c2*1-5-4-6(8(10)11)2-3-7(5)9(12)13/h2*2-4H,1H3,(H,10,11)(H,12,13). The molecule has 0 fully saturated rings. The lowest BCUT2D eigenvalue weighted by atomic mass is 10.1. The molecule has 0 aromatic heterocycles. The predicted octanol–water partition coefficient (Wildman–Crippen LogP) is 2.78. The van der Waals surface area contributed by atoms with Crippen molar-refractivity contribution in [3.8, 4) is 0 Å². The van der Waals surface area contributed by atoms with Crippen LogP contribution in [0.3, 0.4) is 0 Å². The fourth-order valence-corrected chi connectivity index (χ4v) is 2.07. The second-order valence-corrected chi connectivity index (χ2v) is 5.28. The average molecular weight is 360 g/mol. The molecular formula is C18H16O8. The molecule has 0 spiro atoms. The summed E-state index contributed by atoms with van der Waals surface area (Å²) in [6, 6.07) is 7.82. The molecule has 136 valence electrons. The molecule has 8 nitrogen and oxygen atoms in total. The van der Waals surface area contributed by atoms with Crippen LogP contribution in [0.1, 0.15) is 52.6 Å². The molecule has 0 saturated heterocycles. The van der Waals surface area contributed by atoms with Gasteiger partial charge in [-0.3, -0.25) is 0 Å². The lowest BCUT2D eigenvalue weighted by Crippen LogP contribution is -2.03. The number of rotatable bonds is 4. The van der Waals surface area contributed by atoms with E-state index in [2.05, 4.69) is 0 Å². The summed E-state index contributed by atoms with van der Waals surface area (Å²) in [6.45, 7) is 3.13. The molecule has 26 heavy (non-hydrogen) atoms. The summed E-state index contributed by atoms with van der Waals surface area (Å²) < 4.78 is 0. The highest BCUT2D eigenvalue weighted by Crippen LogP contribution is 2.11. The maximum atomic E-state index is 10.6.